The first-order valence-electron chi connectivity index (χ1n) is 10.4. The lowest BCUT2D eigenvalue weighted by atomic mass is 9.93. The quantitative estimate of drug-likeness (QED) is 0.341. The van der Waals surface area contributed by atoms with Gasteiger partial charge in [0, 0.05) is 35.5 Å². The molecule has 0 bridgehead atoms. The second kappa shape index (κ2) is 8.11. The largest absolute Gasteiger partial charge is 0.307 e. The number of aromatic nitrogens is 3. The normalized spacial score (nSPS) is 13.7. The SMILES string of the molecule is O=C(/C=C/c1cncnc1)c1c(-c2ccccc2)c2ccccc2n(CC2CC2)c1=O. The molecule has 5 rings (SSSR count). The number of rotatable bonds is 6. The van der Waals surface area contributed by atoms with Gasteiger partial charge in [0.15, 0.2) is 5.78 Å². The Morgan fingerprint density at radius 3 is 2.45 bits per heavy atom. The predicted octanol–water partition coefficient (Wildman–Crippen LogP) is 4.76. The summed E-state index contributed by atoms with van der Waals surface area (Å²) in [6.07, 6.45) is 10.0. The smallest absolute Gasteiger partial charge is 0.262 e. The highest BCUT2D eigenvalue weighted by Gasteiger charge is 2.27. The molecular weight excluding hydrogens is 386 g/mol. The molecule has 4 aromatic rings. The molecule has 0 saturated heterocycles. The van der Waals surface area contributed by atoms with E-state index in [0.717, 1.165) is 29.3 Å². The molecule has 1 fully saturated rings. The maximum atomic E-state index is 13.7. The number of pyridine rings is 1. The van der Waals surface area contributed by atoms with Gasteiger partial charge in [-0.15, -0.1) is 0 Å². The number of benzene rings is 2. The standard InChI is InChI=1S/C26H21N3O2/c30-23(13-12-19-14-27-17-28-15-19)25-24(20-6-2-1-3-7-20)21-8-4-5-9-22(21)29(26(25)31)16-18-10-11-18/h1-9,12-15,17-18H,10-11,16H2/b13-12+. The van der Waals surface area contributed by atoms with Gasteiger partial charge in [0.2, 0.25) is 0 Å². The Bertz CT molecular complexity index is 1340. The molecule has 0 atom stereocenters. The van der Waals surface area contributed by atoms with Crippen LogP contribution in [0.15, 0.2) is 84.2 Å². The lowest BCUT2D eigenvalue weighted by Gasteiger charge is -2.17. The summed E-state index contributed by atoms with van der Waals surface area (Å²) < 4.78 is 1.78. The molecular formula is C26H21N3O2. The molecule has 0 aliphatic heterocycles. The third-order valence-electron chi connectivity index (χ3n) is 5.63. The van der Waals surface area contributed by atoms with Crippen molar-refractivity contribution < 1.29 is 4.79 Å². The summed E-state index contributed by atoms with van der Waals surface area (Å²) in [5, 5.41) is 0.911. The van der Waals surface area contributed by atoms with Crippen LogP contribution in [0.3, 0.4) is 0 Å². The summed E-state index contributed by atoms with van der Waals surface area (Å²) in [7, 11) is 0. The minimum Gasteiger partial charge on any atom is -0.307 e. The highest BCUT2D eigenvalue weighted by atomic mass is 16.1. The van der Waals surface area contributed by atoms with Crippen molar-refractivity contribution in [3.05, 3.63) is 101 Å². The number of hydrogen-bond acceptors (Lipinski definition) is 4. The average Bonchev–Trinajstić information content (AvgIpc) is 3.64. The van der Waals surface area contributed by atoms with Gasteiger partial charge < -0.3 is 4.57 Å². The third kappa shape index (κ3) is 3.82. The number of ketones is 1. The van der Waals surface area contributed by atoms with Gasteiger partial charge in [-0.05, 0) is 42.5 Å². The topological polar surface area (TPSA) is 64.8 Å². The van der Waals surface area contributed by atoms with Gasteiger partial charge in [0.1, 0.15) is 6.33 Å². The van der Waals surface area contributed by atoms with Crippen LogP contribution in [0.2, 0.25) is 0 Å². The first kappa shape index (κ1) is 19.1. The van der Waals surface area contributed by atoms with Crippen LogP contribution >= 0.6 is 0 Å². The number of carbonyl (C=O) groups excluding carboxylic acids is 1. The highest BCUT2D eigenvalue weighted by molar-refractivity contribution is 6.15. The maximum absolute atomic E-state index is 13.7. The van der Waals surface area contributed by atoms with Crippen molar-refractivity contribution in [2.45, 2.75) is 19.4 Å². The van der Waals surface area contributed by atoms with Crippen molar-refractivity contribution in [2.24, 2.45) is 5.92 Å². The zero-order valence-electron chi connectivity index (χ0n) is 16.9. The Morgan fingerprint density at radius 2 is 1.71 bits per heavy atom. The summed E-state index contributed by atoms with van der Waals surface area (Å²) in [6.45, 7) is 0.644. The Morgan fingerprint density at radius 1 is 1.00 bits per heavy atom. The summed E-state index contributed by atoms with van der Waals surface area (Å²) in [5.74, 6) is 0.187. The van der Waals surface area contributed by atoms with E-state index in [1.54, 1.807) is 23.0 Å². The molecule has 0 spiro atoms. The average molecular weight is 407 g/mol. The molecule has 152 valence electrons. The first-order chi connectivity index (χ1) is 15.2. The summed E-state index contributed by atoms with van der Waals surface area (Å²) in [4.78, 5) is 35.0. The number of carbonyl (C=O) groups is 1. The molecule has 0 radical (unpaired) electrons. The van der Waals surface area contributed by atoms with Crippen molar-refractivity contribution >= 4 is 22.8 Å². The fraction of sp³-hybridized carbons (Fsp3) is 0.154. The summed E-state index contributed by atoms with van der Waals surface area (Å²) in [6, 6.07) is 17.5. The van der Waals surface area contributed by atoms with Crippen LogP contribution in [-0.2, 0) is 6.54 Å². The molecule has 2 aromatic carbocycles. The van der Waals surface area contributed by atoms with Crippen molar-refractivity contribution in [1.82, 2.24) is 14.5 Å². The lowest BCUT2D eigenvalue weighted by molar-refractivity contribution is 0.104. The van der Waals surface area contributed by atoms with Crippen LogP contribution in [-0.4, -0.2) is 20.3 Å². The van der Waals surface area contributed by atoms with E-state index in [1.807, 2.05) is 54.6 Å². The van der Waals surface area contributed by atoms with Gasteiger partial charge in [-0.2, -0.15) is 0 Å². The lowest BCUT2D eigenvalue weighted by Crippen LogP contribution is -2.28. The van der Waals surface area contributed by atoms with E-state index in [2.05, 4.69) is 9.97 Å². The monoisotopic (exact) mass is 407 g/mol. The molecule has 31 heavy (non-hydrogen) atoms. The van der Waals surface area contributed by atoms with Gasteiger partial charge in [-0.1, -0.05) is 48.5 Å². The molecule has 5 nitrogen and oxygen atoms in total. The van der Waals surface area contributed by atoms with Crippen molar-refractivity contribution in [1.29, 1.82) is 0 Å². The zero-order valence-corrected chi connectivity index (χ0v) is 16.9. The molecule has 1 aliphatic carbocycles. The van der Waals surface area contributed by atoms with Gasteiger partial charge in [-0.3, -0.25) is 9.59 Å². The van der Waals surface area contributed by atoms with Gasteiger partial charge in [0.05, 0.1) is 11.1 Å². The molecule has 0 N–H and O–H groups in total. The number of allylic oxidation sites excluding steroid dienone is 1. The molecule has 5 heteroatoms. The molecule has 0 unspecified atom stereocenters. The fourth-order valence-electron chi connectivity index (χ4n) is 3.93. The van der Waals surface area contributed by atoms with Crippen molar-refractivity contribution in [3.63, 3.8) is 0 Å². The molecule has 0 amide bonds. The van der Waals surface area contributed by atoms with E-state index in [1.165, 1.54) is 12.4 Å². The summed E-state index contributed by atoms with van der Waals surface area (Å²) in [5.41, 5.74) is 3.09. The van der Waals surface area contributed by atoms with Crippen molar-refractivity contribution in [3.8, 4) is 11.1 Å². The summed E-state index contributed by atoms with van der Waals surface area (Å²) >= 11 is 0. The van der Waals surface area contributed by atoms with E-state index in [4.69, 9.17) is 0 Å². The van der Waals surface area contributed by atoms with E-state index >= 15 is 0 Å². The van der Waals surface area contributed by atoms with Crippen LogP contribution in [0.4, 0.5) is 0 Å². The van der Waals surface area contributed by atoms with Crippen LogP contribution in [0, 0.1) is 5.92 Å². The van der Waals surface area contributed by atoms with Gasteiger partial charge in [-0.25, -0.2) is 9.97 Å². The van der Waals surface area contributed by atoms with E-state index in [-0.39, 0.29) is 16.9 Å². The minimum atomic E-state index is -0.317. The molecule has 2 aromatic heterocycles. The maximum Gasteiger partial charge on any atom is 0.262 e. The van der Waals surface area contributed by atoms with Crippen LogP contribution in [0.25, 0.3) is 28.1 Å². The molecule has 2 heterocycles. The zero-order chi connectivity index (χ0) is 21.2. The number of nitrogens with zero attached hydrogens (tertiary/aromatic N) is 3. The number of hydrogen-bond donors (Lipinski definition) is 0. The Labute approximate surface area is 179 Å². The first-order valence-corrected chi connectivity index (χ1v) is 10.4. The third-order valence-corrected chi connectivity index (χ3v) is 5.63. The van der Waals surface area contributed by atoms with E-state index in [0.29, 0.717) is 23.6 Å². The second-order valence-corrected chi connectivity index (χ2v) is 7.86. The molecule has 1 aliphatic rings. The fourth-order valence-corrected chi connectivity index (χ4v) is 3.93. The number of para-hydroxylation sites is 1. The predicted molar refractivity (Wildman–Crippen MR) is 122 cm³/mol. The van der Waals surface area contributed by atoms with Gasteiger partial charge in [0.25, 0.3) is 5.56 Å². The minimum absolute atomic E-state index is 0.207. The van der Waals surface area contributed by atoms with Gasteiger partial charge >= 0.3 is 0 Å². The van der Waals surface area contributed by atoms with E-state index in [9.17, 15) is 9.59 Å². The van der Waals surface area contributed by atoms with Crippen LogP contribution in [0.5, 0.6) is 0 Å². The molecule has 1 saturated carbocycles. The van der Waals surface area contributed by atoms with Crippen LogP contribution < -0.4 is 5.56 Å². The van der Waals surface area contributed by atoms with Crippen LogP contribution in [0.1, 0.15) is 28.8 Å². The Kier molecular flexibility index (Phi) is 5.00. The second-order valence-electron chi connectivity index (χ2n) is 7.86. The Balaban J connectivity index is 1.75. The van der Waals surface area contributed by atoms with E-state index < -0.39 is 0 Å². The van der Waals surface area contributed by atoms with Crippen molar-refractivity contribution in [2.75, 3.05) is 0 Å². The highest BCUT2D eigenvalue weighted by Crippen LogP contribution is 2.34. The number of fused-ring (bicyclic) bond motifs is 1. The Hall–Kier alpha value is -3.86.